The molecule has 30 heavy (non-hydrogen) atoms. The topological polar surface area (TPSA) is 114 Å². The third-order valence-corrected chi connectivity index (χ3v) is 6.17. The summed E-state index contributed by atoms with van der Waals surface area (Å²) in [6.07, 6.45) is 3.05. The van der Waals surface area contributed by atoms with Gasteiger partial charge in [-0.05, 0) is 35.0 Å². The van der Waals surface area contributed by atoms with Crippen molar-refractivity contribution < 1.29 is 0 Å². The van der Waals surface area contributed by atoms with Gasteiger partial charge < -0.3 is 5.32 Å². The van der Waals surface area contributed by atoms with Crippen LogP contribution in [0.15, 0.2) is 45.5 Å². The third-order valence-electron chi connectivity index (χ3n) is 4.55. The zero-order valence-corrected chi connectivity index (χ0v) is 18.5. The smallest absolute Gasteiger partial charge is 0.268 e. The number of nitrogens with zero attached hydrogens (tertiary/aromatic N) is 6. The molecule has 2 N–H and O–H groups in total. The fourth-order valence-corrected chi connectivity index (χ4v) is 4.45. The molecule has 5 aromatic rings. The predicted octanol–water partition coefficient (Wildman–Crippen LogP) is 4.10. The molecule has 0 bridgehead atoms. The van der Waals surface area contributed by atoms with Crippen molar-refractivity contribution in [3.63, 3.8) is 0 Å². The van der Waals surface area contributed by atoms with Crippen LogP contribution in [0.3, 0.4) is 0 Å². The highest BCUT2D eigenvalue weighted by atomic mass is 79.9. The number of fused-ring (bicyclic) bond motifs is 2. The second-order valence-electron chi connectivity index (χ2n) is 6.41. The minimum absolute atomic E-state index is 0.305. The number of anilines is 1. The van der Waals surface area contributed by atoms with E-state index >= 15 is 0 Å². The molecule has 0 aliphatic carbocycles. The summed E-state index contributed by atoms with van der Waals surface area (Å²) in [6, 6.07) is 4.78. The first-order valence-electron chi connectivity index (χ1n) is 8.75. The summed E-state index contributed by atoms with van der Waals surface area (Å²) in [5, 5.41) is 10.8. The Kier molecular flexibility index (Phi) is 4.72. The van der Waals surface area contributed by atoms with Crippen molar-refractivity contribution in [1.82, 2.24) is 34.7 Å². The predicted molar refractivity (Wildman–Crippen MR) is 119 cm³/mol. The van der Waals surface area contributed by atoms with E-state index in [1.165, 1.54) is 22.2 Å². The Labute approximate surface area is 186 Å². The molecule has 0 radical (unpaired) electrons. The Morgan fingerprint density at radius 1 is 1.30 bits per heavy atom. The van der Waals surface area contributed by atoms with E-state index in [-0.39, 0.29) is 5.56 Å². The Bertz CT molecular complexity index is 1460. The van der Waals surface area contributed by atoms with Gasteiger partial charge in [-0.15, -0.1) is 11.3 Å². The Hall–Kier alpha value is -2.89. The van der Waals surface area contributed by atoms with Crippen LogP contribution in [0.25, 0.3) is 27.1 Å². The molecule has 5 rings (SSSR count). The Balaban J connectivity index is 1.72. The number of halogens is 2. The van der Waals surface area contributed by atoms with Gasteiger partial charge in [0.1, 0.15) is 22.5 Å². The third kappa shape index (κ3) is 3.06. The van der Waals surface area contributed by atoms with Crippen LogP contribution in [-0.4, -0.2) is 34.7 Å². The summed E-state index contributed by atoms with van der Waals surface area (Å²) in [4.78, 5) is 31.8. The minimum atomic E-state index is -0.406. The highest BCUT2D eigenvalue weighted by molar-refractivity contribution is 9.10. The number of thiazole rings is 1. The number of benzene rings is 1. The molecule has 0 spiro atoms. The van der Waals surface area contributed by atoms with Gasteiger partial charge in [-0.2, -0.15) is 5.10 Å². The number of aromatic amines is 1. The molecule has 0 fully saturated rings. The summed E-state index contributed by atoms with van der Waals surface area (Å²) in [6.45, 7) is 1.89. The lowest BCUT2D eigenvalue weighted by Gasteiger charge is -2.19. The first-order chi connectivity index (χ1) is 14.5. The lowest BCUT2D eigenvalue weighted by molar-refractivity contribution is 0.719. The first-order valence-corrected chi connectivity index (χ1v) is 10.8. The monoisotopic (exact) mass is 502 g/mol. The molecule has 0 aliphatic rings. The van der Waals surface area contributed by atoms with Crippen LogP contribution in [-0.2, 0) is 0 Å². The van der Waals surface area contributed by atoms with Crippen molar-refractivity contribution in [3.05, 3.63) is 61.9 Å². The second-order valence-corrected chi connectivity index (χ2v) is 8.50. The van der Waals surface area contributed by atoms with Gasteiger partial charge in [0.2, 0.25) is 0 Å². The average Bonchev–Trinajstić information content (AvgIpc) is 3.37. The van der Waals surface area contributed by atoms with Crippen LogP contribution in [0, 0.1) is 0 Å². The summed E-state index contributed by atoms with van der Waals surface area (Å²) in [5.74, 6) is 1.48. The van der Waals surface area contributed by atoms with E-state index in [9.17, 15) is 4.79 Å². The SMILES string of the molecule is C[C@H](Nc1ncnc2scnc12)c1nc2cccc(Cl)c2c(=O)n1-c1[nH]ncc1Br. The van der Waals surface area contributed by atoms with E-state index in [1.54, 1.807) is 29.9 Å². The van der Waals surface area contributed by atoms with E-state index in [0.29, 0.717) is 43.4 Å². The van der Waals surface area contributed by atoms with Gasteiger partial charge in [-0.25, -0.2) is 24.5 Å². The van der Waals surface area contributed by atoms with Gasteiger partial charge in [-0.1, -0.05) is 17.7 Å². The van der Waals surface area contributed by atoms with Gasteiger partial charge in [0, 0.05) is 0 Å². The van der Waals surface area contributed by atoms with Crippen molar-refractivity contribution in [1.29, 1.82) is 0 Å². The molecule has 1 aromatic carbocycles. The van der Waals surface area contributed by atoms with Crippen LogP contribution in [0.4, 0.5) is 5.82 Å². The lowest BCUT2D eigenvalue weighted by Crippen LogP contribution is -2.28. The van der Waals surface area contributed by atoms with Crippen LogP contribution in [0.2, 0.25) is 5.02 Å². The standard InChI is InChI=1S/C18H12BrClN8OS/c1-8(25-14-13-17(22-6-21-14)30-7-23-13)15-26-11-4-2-3-10(20)12(11)18(29)28(15)16-9(19)5-24-27-16/h2-8H,1H3,(H,24,27)(H,21,22,25)/t8-/m0/s1. The molecule has 4 aromatic heterocycles. The maximum atomic E-state index is 13.5. The molecule has 0 unspecified atom stereocenters. The molecule has 1 atom stereocenters. The summed E-state index contributed by atoms with van der Waals surface area (Å²) in [5.41, 5.74) is 2.57. The van der Waals surface area contributed by atoms with E-state index in [2.05, 4.69) is 46.4 Å². The van der Waals surface area contributed by atoms with Crippen molar-refractivity contribution in [2.45, 2.75) is 13.0 Å². The largest absolute Gasteiger partial charge is 0.358 e. The normalized spacial score (nSPS) is 12.5. The van der Waals surface area contributed by atoms with Crippen LogP contribution >= 0.6 is 38.9 Å². The molecule has 150 valence electrons. The number of aromatic nitrogens is 7. The average molecular weight is 504 g/mol. The number of rotatable bonds is 4. The highest BCUT2D eigenvalue weighted by Crippen LogP contribution is 2.28. The van der Waals surface area contributed by atoms with Gasteiger partial charge in [-0.3, -0.25) is 9.89 Å². The molecule has 0 saturated carbocycles. The maximum Gasteiger partial charge on any atom is 0.268 e. The second kappa shape index (κ2) is 7.42. The quantitative estimate of drug-likeness (QED) is 0.379. The van der Waals surface area contributed by atoms with E-state index < -0.39 is 6.04 Å². The fraction of sp³-hybridized carbons (Fsp3) is 0.111. The molecule has 4 heterocycles. The van der Waals surface area contributed by atoms with Crippen molar-refractivity contribution >= 4 is 65.9 Å². The molecule has 12 heteroatoms. The van der Waals surface area contributed by atoms with Crippen molar-refractivity contribution in [2.75, 3.05) is 5.32 Å². The molecular weight excluding hydrogens is 492 g/mol. The Morgan fingerprint density at radius 2 is 2.17 bits per heavy atom. The number of H-pyrrole nitrogens is 1. The zero-order valence-electron chi connectivity index (χ0n) is 15.3. The van der Waals surface area contributed by atoms with Crippen LogP contribution in [0.5, 0.6) is 0 Å². The molecule has 0 amide bonds. The molecule has 9 nitrogen and oxygen atoms in total. The maximum absolute atomic E-state index is 13.5. The van der Waals surface area contributed by atoms with E-state index in [0.717, 1.165) is 4.83 Å². The summed E-state index contributed by atoms with van der Waals surface area (Å²) in [7, 11) is 0. The first kappa shape index (κ1) is 19.1. The zero-order chi connectivity index (χ0) is 20.8. The van der Waals surface area contributed by atoms with Crippen molar-refractivity contribution in [2.24, 2.45) is 0 Å². The minimum Gasteiger partial charge on any atom is -0.358 e. The van der Waals surface area contributed by atoms with E-state index in [1.807, 2.05) is 6.92 Å². The summed E-state index contributed by atoms with van der Waals surface area (Å²) < 4.78 is 2.08. The van der Waals surface area contributed by atoms with Gasteiger partial charge in [0.05, 0.1) is 38.1 Å². The van der Waals surface area contributed by atoms with Crippen LogP contribution < -0.4 is 10.9 Å². The molecule has 0 aliphatic heterocycles. The van der Waals surface area contributed by atoms with Gasteiger partial charge in [0.15, 0.2) is 11.6 Å². The lowest BCUT2D eigenvalue weighted by atomic mass is 10.2. The molecular formula is C18H12BrClN8OS. The number of hydrogen-bond donors (Lipinski definition) is 2. The van der Waals surface area contributed by atoms with Crippen molar-refractivity contribution in [3.8, 4) is 5.82 Å². The Morgan fingerprint density at radius 3 is 2.97 bits per heavy atom. The highest BCUT2D eigenvalue weighted by Gasteiger charge is 2.22. The molecule has 0 saturated heterocycles. The van der Waals surface area contributed by atoms with E-state index in [4.69, 9.17) is 16.6 Å². The van der Waals surface area contributed by atoms with Crippen LogP contribution in [0.1, 0.15) is 18.8 Å². The number of hydrogen-bond acceptors (Lipinski definition) is 8. The summed E-state index contributed by atoms with van der Waals surface area (Å²) >= 11 is 11.2. The number of nitrogens with one attached hydrogen (secondary N) is 2. The van der Waals surface area contributed by atoms with Gasteiger partial charge >= 0.3 is 0 Å². The fourth-order valence-electron chi connectivity index (χ4n) is 3.20. The van der Waals surface area contributed by atoms with Gasteiger partial charge in [0.25, 0.3) is 5.56 Å².